The number of hydrogen-bond acceptors (Lipinski definition) is 4. The van der Waals surface area contributed by atoms with Gasteiger partial charge in [0.25, 0.3) is 0 Å². The number of benzene rings is 1. The number of aliphatic carboxylic acids is 1. The number of aryl methyl sites for hydroxylation is 2. The van der Waals surface area contributed by atoms with Crippen molar-refractivity contribution in [1.82, 2.24) is 0 Å². The topological polar surface area (TPSA) is 85.7 Å². The van der Waals surface area contributed by atoms with Gasteiger partial charge >= 0.3 is 5.97 Å². The van der Waals surface area contributed by atoms with Gasteiger partial charge in [-0.25, -0.2) is 0 Å². The average Bonchev–Trinajstić information content (AvgIpc) is 2.99. The number of carboxylic acid groups (broad SMARTS) is 1. The van der Waals surface area contributed by atoms with Crippen molar-refractivity contribution in [1.29, 1.82) is 0 Å². The van der Waals surface area contributed by atoms with Crippen LogP contribution in [0, 0.1) is 19.3 Å². The first-order valence-electron chi connectivity index (χ1n) is 8.38. The number of ether oxygens (including phenoxy) is 1. The second kappa shape index (κ2) is 8.43. The fourth-order valence-electron chi connectivity index (χ4n) is 2.85. The molecule has 2 aromatic rings. The highest BCUT2D eigenvalue weighted by molar-refractivity contribution is 5.78. The summed E-state index contributed by atoms with van der Waals surface area (Å²) in [6.07, 6.45) is 5.93. The minimum absolute atomic E-state index is 0.338. The van der Waals surface area contributed by atoms with Crippen LogP contribution in [0.25, 0.3) is 0 Å². The normalized spacial score (nSPS) is 18.5. The SMILES string of the molecule is COc1ccc(CC2(C(=O)O)C=CC=C(N)C2)cc1.Cc1ccc(C)o1. The van der Waals surface area contributed by atoms with E-state index in [-0.39, 0.29) is 0 Å². The number of allylic oxidation sites excluding steroid dienone is 3. The zero-order chi connectivity index (χ0) is 19.2. The summed E-state index contributed by atoms with van der Waals surface area (Å²) in [6, 6.07) is 11.3. The van der Waals surface area contributed by atoms with Crippen molar-refractivity contribution in [3.8, 4) is 5.75 Å². The molecule has 1 aliphatic carbocycles. The van der Waals surface area contributed by atoms with Gasteiger partial charge in [0.2, 0.25) is 0 Å². The third-order valence-corrected chi connectivity index (χ3v) is 4.22. The molecule has 0 saturated heterocycles. The molecule has 5 nitrogen and oxygen atoms in total. The Bertz CT molecular complexity index is 785. The highest BCUT2D eigenvalue weighted by Crippen LogP contribution is 2.34. The monoisotopic (exact) mass is 355 g/mol. The molecule has 5 heteroatoms. The molecular formula is C21H25NO4. The molecular weight excluding hydrogens is 330 g/mol. The first-order chi connectivity index (χ1) is 12.3. The van der Waals surface area contributed by atoms with Gasteiger partial charge in [-0.05, 0) is 56.2 Å². The van der Waals surface area contributed by atoms with Crippen LogP contribution in [0.15, 0.2) is 64.7 Å². The lowest BCUT2D eigenvalue weighted by molar-refractivity contribution is -0.146. The zero-order valence-electron chi connectivity index (χ0n) is 15.4. The summed E-state index contributed by atoms with van der Waals surface area (Å²) in [7, 11) is 1.60. The molecule has 0 bridgehead atoms. The molecule has 3 N–H and O–H groups in total. The number of hydrogen-bond donors (Lipinski definition) is 2. The van der Waals surface area contributed by atoms with Gasteiger partial charge in [0.1, 0.15) is 17.3 Å². The highest BCUT2D eigenvalue weighted by atomic mass is 16.5. The van der Waals surface area contributed by atoms with Crippen molar-refractivity contribution >= 4 is 5.97 Å². The van der Waals surface area contributed by atoms with E-state index in [1.165, 1.54) is 0 Å². The van der Waals surface area contributed by atoms with Crippen LogP contribution in [0.5, 0.6) is 5.75 Å². The quantitative estimate of drug-likeness (QED) is 0.865. The molecule has 26 heavy (non-hydrogen) atoms. The summed E-state index contributed by atoms with van der Waals surface area (Å²) in [6.45, 7) is 3.88. The Morgan fingerprint density at radius 2 is 1.81 bits per heavy atom. The summed E-state index contributed by atoms with van der Waals surface area (Å²) in [5.74, 6) is 1.87. The van der Waals surface area contributed by atoms with Gasteiger partial charge in [-0.15, -0.1) is 0 Å². The van der Waals surface area contributed by atoms with E-state index in [9.17, 15) is 9.90 Å². The van der Waals surface area contributed by atoms with Gasteiger partial charge in [0.05, 0.1) is 12.5 Å². The lowest BCUT2D eigenvalue weighted by atomic mass is 9.75. The first-order valence-corrected chi connectivity index (χ1v) is 8.38. The molecule has 0 fully saturated rings. The number of rotatable bonds is 4. The minimum atomic E-state index is -0.951. The summed E-state index contributed by atoms with van der Waals surface area (Å²) >= 11 is 0. The van der Waals surface area contributed by atoms with Crippen molar-refractivity contribution in [2.75, 3.05) is 7.11 Å². The number of furan rings is 1. The van der Waals surface area contributed by atoms with Gasteiger partial charge in [-0.2, -0.15) is 0 Å². The van der Waals surface area contributed by atoms with E-state index in [1.807, 2.05) is 50.2 Å². The van der Waals surface area contributed by atoms with Gasteiger partial charge < -0.3 is 20.0 Å². The molecule has 138 valence electrons. The largest absolute Gasteiger partial charge is 0.497 e. The molecule has 1 aromatic carbocycles. The molecule has 3 rings (SSSR count). The molecule has 1 aromatic heterocycles. The van der Waals surface area contributed by atoms with Gasteiger partial charge in [-0.3, -0.25) is 4.79 Å². The summed E-state index contributed by atoms with van der Waals surface area (Å²) in [5.41, 5.74) is 6.37. The lowest BCUT2D eigenvalue weighted by Gasteiger charge is -2.28. The van der Waals surface area contributed by atoms with Crippen molar-refractivity contribution in [2.24, 2.45) is 11.1 Å². The molecule has 0 radical (unpaired) electrons. The second-order valence-electron chi connectivity index (χ2n) is 6.42. The van der Waals surface area contributed by atoms with Crippen molar-refractivity contribution in [2.45, 2.75) is 26.7 Å². The van der Waals surface area contributed by atoms with E-state index in [0.717, 1.165) is 22.8 Å². The number of carboxylic acids is 1. The number of carbonyl (C=O) groups is 1. The Morgan fingerprint density at radius 3 is 2.23 bits per heavy atom. The van der Waals surface area contributed by atoms with Crippen LogP contribution in [-0.2, 0) is 11.2 Å². The molecule has 0 saturated carbocycles. The van der Waals surface area contributed by atoms with Gasteiger partial charge in [0.15, 0.2) is 0 Å². The predicted octanol–water partition coefficient (Wildman–Crippen LogP) is 4.01. The lowest BCUT2D eigenvalue weighted by Crippen LogP contribution is -2.34. The Kier molecular flexibility index (Phi) is 6.28. The van der Waals surface area contributed by atoms with Crippen LogP contribution < -0.4 is 10.5 Å². The van der Waals surface area contributed by atoms with E-state index in [1.54, 1.807) is 25.3 Å². The Hall–Kier alpha value is -2.95. The van der Waals surface area contributed by atoms with E-state index in [2.05, 4.69) is 0 Å². The molecule has 0 amide bonds. The van der Waals surface area contributed by atoms with Crippen LogP contribution in [0.4, 0.5) is 0 Å². The summed E-state index contributed by atoms with van der Waals surface area (Å²) in [5, 5.41) is 9.51. The molecule has 1 atom stereocenters. The van der Waals surface area contributed by atoms with Gasteiger partial charge in [0, 0.05) is 12.1 Å². The fourth-order valence-corrected chi connectivity index (χ4v) is 2.85. The van der Waals surface area contributed by atoms with Crippen LogP contribution in [-0.4, -0.2) is 18.2 Å². The number of nitrogens with two attached hydrogens (primary N) is 1. The molecule has 0 aliphatic heterocycles. The van der Waals surface area contributed by atoms with Crippen molar-refractivity contribution < 1.29 is 19.1 Å². The van der Waals surface area contributed by atoms with Crippen molar-refractivity contribution in [3.05, 3.63) is 77.4 Å². The molecule has 1 unspecified atom stereocenters. The maximum absolute atomic E-state index is 11.6. The predicted molar refractivity (Wildman–Crippen MR) is 101 cm³/mol. The van der Waals surface area contributed by atoms with Crippen LogP contribution in [0.1, 0.15) is 23.5 Å². The van der Waals surface area contributed by atoms with Crippen LogP contribution in [0.3, 0.4) is 0 Å². The zero-order valence-corrected chi connectivity index (χ0v) is 15.4. The first kappa shape index (κ1) is 19.4. The van der Waals surface area contributed by atoms with E-state index in [4.69, 9.17) is 14.9 Å². The molecule has 0 spiro atoms. The Labute approximate surface area is 153 Å². The standard InChI is InChI=1S/C15H17NO3.C6H8O/c1-19-13-6-4-11(5-7-13)9-15(14(17)18)8-2-3-12(16)10-15;1-5-3-4-6(2)7-5/h2-8H,9-10,16H2,1H3,(H,17,18);3-4H,1-2H3. The third-order valence-electron chi connectivity index (χ3n) is 4.22. The van der Waals surface area contributed by atoms with E-state index >= 15 is 0 Å². The van der Waals surface area contributed by atoms with E-state index in [0.29, 0.717) is 18.5 Å². The highest BCUT2D eigenvalue weighted by Gasteiger charge is 2.37. The Balaban J connectivity index is 0.000000290. The third kappa shape index (κ3) is 5.02. The average molecular weight is 355 g/mol. The smallest absolute Gasteiger partial charge is 0.314 e. The Morgan fingerprint density at radius 1 is 1.19 bits per heavy atom. The second-order valence-corrected chi connectivity index (χ2v) is 6.42. The van der Waals surface area contributed by atoms with Gasteiger partial charge in [-0.1, -0.05) is 24.3 Å². The van der Waals surface area contributed by atoms with E-state index < -0.39 is 11.4 Å². The van der Waals surface area contributed by atoms with Crippen molar-refractivity contribution in [3.63, 3.8) is 0 Å². The minimum Gasteiger partial charge on any atom is -0.497 e. The maximum Gasteiger partial charge on any atom is 0.314 e. The van der Waals surface area contributed by atoms with Crippen LogP contribution >= 0.6 is 0 Å². The molecule has 1 heterocycles. The maximum atomic E-state index is 11.6. The summed E-state index contributed by atoms with van der Waals surface area (Å²) in [4.78, 5) is 11.6. The fraction of sp³-hybridized carbons (Fsp3) is 0.286. The number of methoxy groups -OCH3 is 1. The van der Waals surface area contributed by atoms with Crippen LogP contribution in [0.2, 0.25) is 0 Å². The summed E-state index contributed by atoms with van der Waals surface area (Å²) < 4.78 is 10.2. The molecule has 1 aliphatic rings.